The first-order chi connectivity index (χ1) is 10.5. The maximum Gasteiger partial charge on any atom is 0.416 e. The van der Waals surface area contributed by atoms with Crippen molar-refractivity contribution in [1.29, 1.82) is 0 Å². The number of pyridine rings is 1. The molecule has 2 heterocycles. The smallest absolute Gasteiger partial charge is 0.416 e. The summed E-state index contributed by atoms with van der Waals surface area (Å²) < 4.78 is 44.1. The number of fused-ring (bicyclic) bond motifs is 3. The monoisotopic (exact) mass is 304 g/mol. The van der Waals surface area contributed by atoms with E-state index in [-0.39, 0.29) is 23.7 Å². The molecule has 1 aromatic heterocycles. The fourth-order valence-corrected chi connectivity index (χ4v) is 2.95. The van der Waals surface area contributed by atoms with Crippen LogP contribution in [-0.2, 0) is 17.3 Å². The summed E-state index contributed by atoms with van der Waals surface area (Å²) >= 11 is 0. The third-order valence-corrected chi connectivity index (χ3v) is 3.97. The van der Waals surface area contributed by atoms with Crippen LogP contribution in [0, 0.1) is 0 Å². The van der Waals surface area contributed by atoms with Crippen molar-refractivity contribution in [3.63, 3.8) is 0 Å². The Labute approximate surface area is 124 Å². The van der Waals surface area contributed by atoms with Crippen LogP contribution in [-0.4, -0.2) is 17.0 Å². The third-order valence-electron chi connectivity index (χ3n) is 3.97. The molecule has 1 aliphatic carbocycles. The van der Waals surface area contributed by atoms with Crippen LogP contribution < -0.4 is 0 Å². The summed E-state index contributed by atoms with van der Waals surface area (Å²) in [6.45, 7) is 0. The molecule has 22 heavy (non-hydrogen) atoms. The Morgan fingerprint density at radius 1 is 1.14 bits per heavy atom. The lowest BCUT2D eigenvalue weighted by molar-refractivity contribution is -0.137. The lowest BCUT2D eigenvalue weighted by Gasteiger charge is -2.10. The molecule has 0 N–H and O–H groups in total. The predicted molar refractivity (Wildman–Crippen MR) is 73.5 cm³/mol. The van der Waals surface area contributed by atoms with Crippen LogP contribution in [0.5, 0.6) is 0 Å². The van der Waals surface area contributed by atoms with E-state index in [1.807, 2.05) is 24.3 Å². The first-order valence-electron chi connectivity index (χ1n) is 6.88. The second-order valence-corrected chi connectivity index (χ2v) is 5.37. The van der Waals surface area contributed by atoms with E-state index in [2.05, 4.69) is 9.98 Å². The SMILES string of the molecule is FC(F)(F)c1ccnc(C2=NC3c4ccccc4CC3O2)c1. The summed E-state index contributed by atoms with van der Waals surface area (Å²) in [5, 5.41) is 0. The van der Waals surface area contributed by atoms with Crippen molar-refractivity contribution in [1.82, 2.24) is 4.98 Å². The average molecular weight is 304 g/mol. The van der Waals surface area contributed by atoms with Gasteiger partial charge in [-0.15, -0.1) is 0 Å². The van der Waals surface area contributed by atoms with Crippen LogP contribution in [0.4, 0.5) is 13.2 Å². The minimum atomic E-state index is -4.40. The highest BCUT2D eigenvalue weighted by molar-refractivity contribution is 5.94. The highest BCUT2D eigenvalue weighted by Crippen LogP contribution is 2.40. The fraction of sp³-hybridized carbons (Fsp3) is 0.250. The number of hydrogen-bond donors (Lipinski definition) is 0. The minimum absolute atomic E-state index is 0.127. The topological polar surface area (TPSA) is 34.5 Å². The first-order valence-corrected chi connectivity index (χ1v) is 6.88. The van der Waals surface area contributed by atoms with E-state index >= 15 is 0 Å². The van der Waals surface area contributed by atoms with Gasteiger partial charge in [0.15, 0.2) is 0 Å². The van der Waals surface area contributed by atoms with Crippen LogP contribution in [0.1, 0.15) is 28.4 Å². The van der Waals surface area contributed by atoms with Gasteiger partial charge in [0.25, 0.3) is 0 Å². The molecule has 1 aromatic carbocycles. The van der Waals surface area contributed by atoms with Gasteiger partial charge in [-0.25, -0.2) is 4.99 Å². The number of halogens is 3. The number of nitrogens with zero attached hydrogens (tertiary/aromatic N) is 2. The molecule has 0 saturated heterocycles. The molecule has 2 atom stereocenters. The molecular formula is C16H11F3N2O. The Bertz CT molecular complexity index is 770. The fourth-order valence-electron chi connectivity index (χ4n) is 2.95. The molecule has 0 bridgehead atoms. The van der Waals surface area contributed by atoms with Gasteiger partial charge in [-0.2, -0.15) is 13.2 Å². The van der Waals surface area contributed by atoms with Crippen molar-refractivity contribution in [3.05, 3.63) is 65.0 Å². The normalized spacial score (nSPS) is 22.8. The number of ether oxygens (including phenoxy) is 1. The summed E-state index contributed by atoms with van der Waals surface area (Å²) in [4.78, 5) is 8.41. The Kier molecular flexibility index (Phi) is 2.76. The van der Waals surface area contributed by atoms with Crippen molar-refractivity contribution in [3.8, 4) is 0 Å². The average Bonchev–Trinajstić information content (AvgIpc) is 3.04. The van der Waals surface area contributed by atoms with E-state index in [0.29, 0.717) is 6.42 Å². The van der Waals surface area contributed by atoms with Gasteiger partial charge in [-0.1, -0.05) is 24.3 Å². The lowest BCUT2D eigenvalue weighted by Crippen LogP contribution is -2.15. The number of rotatable bonds is 1. The number of hydrogen-bond acceptors (Lipinski definition) is 3. The van der Waals surface area contributed by atoms with E-state index in [1.54, 1.807) is 0 Å². The van der Waals surface area contributed by atoms with Gasteiger partial charge in [0.05, 0.1) is 5.56 Å². The number of benzene rings is 1. The molecule has 2 aliphatic rings. The zero-order chi connectivity index (χ0) is 15.3. The molecule has 2 aromatic rings. The zero-order valence-corrected chi connectivity index (χ0v) is 11.3. The Hall–Kier alpha value is -2.37. The highest BCUT2D eigenvalue weighted by Gasteiger charge is 2.40. The van der Waals surface area contributed by atoms with Gasteiger partial charge in [0.1, 0.15) is 17.8 Å². The Morgan fingerprint density at radius 3 is 2.77 bits per heavy atom. The van der Waals surface area contributed by atoms with Crippen LogP contribution in [0.3, 0.4) is 0 Å². The Balaban J connectivity index is 1.69. The van der Waals surface area contributed by atoms with Gasteiger partial charge in [-0.05, 0) is 23.3 Å². The second-order valence-electron chi connectivity index (χ2n) is 5.37. The van der Waals surface area contributed by atoms with Crippen molar-refractivity contribution in [2.45, 2.75) is 24.7 Å². The molecule has 112 valence electrons. The van der Waals surface area contributed by atoms with Crippen molar-refractivity contribution >= 4 is 5.90 Å². The largest absolute Gasteiger partial charge is 0.470 e. The molecule has 6 heteroatoms. The van der Waals surface area contributed by atoms with E-state index in [1.165, 1.54) is 5.56 Å². The third kappa shape index (κ3) is 2.06. The molecule has 0 saturated carbocycles. The Morgan fingerprint density at radius 2 is 1.95 bits per heavy atom. The molecule has 0 radical (unpaired) electrons. The van der Waals surface area contributed by atoms with Gasteiger partial charge in [0, 0.05) is 12.6 Å². The number of aromatic nitrogens is 1. The summed E-state index contributed by atoms with van der Waals surface area (Å²) in [5.74, 6) is 0.190. The maximum absolute atomic E-state index is 12.8. The summed E-state index contributed by atoms with van der Waals surface area (Å²) in [6.07, 6.45) is -2.71. The molecule has 0 spiro atoms. The molecule has 3 nitrogen and oxygen atoms in total. The zero-order valence-electron chi connectivity index (χ0n) is 11.3. The molecule has 0 amide bonds. The first kappa shape index (κ1) is 13.3. The van der Waals surface area contributed by atoms with E-state index in [0.717, 1.165) is 23.9 Å². The summed E-state index contributed by atoms with van der Waals surface area (Å²) in [5.41, 5.74) is 1.63. The molecule has 2 unspecified atom stereocenters. The summed E-state index contributed by atoms with van der Waals surface area (Å²) in [6, 6.07) is 9.66. The molecule has 0 fully saturated rings. The molecular weight excluding hydrogens is 293 g/mol. The van der Waals surface area contributed by atoms with Crippen LogP contribution in [0.15, 0.2) is 47.6 Å². The quantitative estimate of drug-likeness (QED) is 0.807. The predicted octanol–water partition coefficient (Wildman–Crippen LogP) is 3.54. The maximum atomic E-state index is 12.8. The minimum Gasteiger partial charge on any atom is -0.470 e. The standard InChI is InChI=1S/C16H11F3N2O/c17-16(18,19)10-5-6-20-12(8-10)15-21-14-11-4-2-1-3-9(11)7-13(14)22-15/h1-6,8,13-14H,7H2. The molecule has 1 aliphatic heterocycles. The van der Waals surface area contributed by atoms with Gasteiger partial charge < -0.3 is 4.74 Å². The lowest BCUT2D eigenvalue weighted by atomic mass is 10.1. The van der Waals surface area contributed by atoms with Crippen molar-refractivity contribution in [2.75, 3.05) is 0 Å². The number of alkyl halides is 3. The van der Waals surface area contributed by atoms with E-state index in [4.69, 9.17) is 4.74 Å². The molecule has 4 rings (SSSR count). The second kappa shape index (κ2) is 4.56. The highest BCUT2D eigenvalue weighted by atomic mass is 19.4. The van der Waals surface area contributed by atoms with Gasteiger partial charge >= 0.3 is 6.18 Å². The van der Waals surface area contributed by atoms with Crippen LogP contribution >= 0.6 is 0 Å². The van der Waals surface area contributed by atoms with Crippen LogP contribution in [0.25, 0.3) is 0 Å². The van der Waals surface area contributed by atoms with Crippen LogP contribution in [0.2, 0.25) is 0 Å². The van der Waals surface area contributed by atoms with E-state index in [9.17, 15) is 13.2 Å². The van der Waals surface area contributed by atoms with Crippen molar-refractivity contribution in [2.24, 2.45) is 4.99 Å². The van der Waals surface area contributed by atoms with Gasteiger partial charge in [-0.3, -0.25) is 4.98 Å². The van der Waals surface area contributed by atoms with Crippen molar-refractivity contribution < 1.29 is 17.9 Å². The summed E-state index contributed by atoms with van der Waals surface area (Å²) in [7, 11) is 0. The van der Waals surface area contributed by atoms with E-state index < -0.39 is 11.7 Å². The van der Waals surface area contributed by atoms with Gasteiger partial charge in [0.2, 0.25) is 5.90 Å². The number of aliphatic imine (C=N–C) groups is 1.